The summed E-state index contributed by atoms with van der Waals surface area (Å²) in [6.45, 7) is 0.743. The van der Waals surface area contributed by atoms with E-state index in [2.05, 4.69) is 21.6 Å². The summed E-state index contributed by atoms with van der Waals surface area (Å²) < 4.78 is 0. The van der Waals surface area contributed by atoms with Crippen LogP contribution in [0.5, 0.6) is 0 Å². The van der Waals surface area contributed by atoms with Gasteiger partial charge in [-0.15, -0.1) is 10.2 Å². The zero-order chi connectivity index (χ0) is 20.1. The molecule has 0 bridgehead atoms. The molecule has 0 spiro atoms. The number of aryl methyl sites for hydroxylation is 1. The van der Waals surface area contributed by atoms with Crippen molar-refractivity contribution in [2.75, 3.05) is 22.5 Å². The second-order valence-electron chi connectivity index (χ2n) is 6.64. The highest BCUT2D eigenvalue weighted by atomic mass is 32.2. The summed E-state index contributed by atoms with van der Waals surface area (Å²) in [6.07, 6.45) is 1.98. The number of carbonyl (C=O) groups excluding carboxylic acids is 2. The zero-order valence-electron chi connectivity index (χ0n) is 15.7. The van der Waals surface area contributed by atoms with Gasteiger partial charge in [0.05, 0.1) is 5.75 Å². The highest BCUT2D eigenvalue weighted by Crippen LogP contribution is 2.28. The van der Waals surface area contributed by atoms with E-state index >= 15 is 0 Å². The molecular weight excluding hydrogens is 384 g/mol. The summed E-state index contributed by atoms with van der Waals surface area (Å²) in [5.74, 6) is 0.489. The van der Waals surface area contributed by atoms with Crippen molar-refractivity contribution in [3.63, 3.8) is 0 Å². The van der Waals surface area contributed by atoms with Crippen molar-refractivity contribution in [1.82, 2.24) is 10.2 Å². The molecule has 2 amide bonds. The third-order valence-corrected chi connectivity index (χ3v) is 5.58. The molecule has 0 unspecified atom stereocenters. The fourth-order valence-electron chi connectivity index (χ4n) is 3.25. The molecular formula is C22H20N4O2S. The summed E-state index contributed by atoms with van der Waals surface area (Å²) in [7, 11) is 0. The van der Waals surface area contributed by atoms with Gasteiger partial charge in [-0.2, -0.15) is 0 Å². The zero-order valence-corrected chi connectivity index (χ0v) is 16.6. The fraction of sp³-hybridized carbons (Fsp3) is 0.182. The number of thioether (sulfide) groups is 1. The first kappa shape index (κ1) is 19.1. The number of hydrogen-bond donors (Lipinski definition) is 1. The predicted molar refractivity (Wildman–Crippen MR) is 114 cm³/mol. The molecule has 146 valence electrons. The van der Waals surface area contributed by atoms with Crippen LogP contribution < -0.4 is 10.2 Å². The Balaban J connectivity index is 1.34. The molecule has 6 nitrogen and oxygen atoms in total. The number of hydrogen-bond acceptors (Lipinski definition) is 5. The molecule has 1 N–H and O–H groups in total. The summed E-state index contributed by atoms with van der Waals surface area (Å²) in [6, 6.07) is 20.4. The van der Waals surface area contributed by atoms with Gasteiger partial charge in [0, 0.05) is 17.8 Å². The van der Waals surface area contributed by atoms with Crippen LogP contribution in [0, 0.1) is 0 Å². The lowest BCUT2D eigenvalue weighted by Crippen LogP contribution is -2.36. The van der Waals surface area contributed by atoms with Crippen molar-refractivity contribution in [2.45, 2.75) is 17.9 Å². The van der Waals surface area contributed by atoms with E-state index in [1.165, 1.54) is 17.3 Å². The molecule has 29 heavy (non-hydrogen) atoms. The first-order valence-electron chi connectivity index (χ1n) is 9.42. The Morgan fingerprint density at radius 1 is 0.966 bits per heavy atom. The molecule has 1 aliphatic rings. The van der Waals surface area contributed by atoms with Gasteiger partial charge in [0.2, 0.25) is 5.91 Å². The van der Waals surface area contributed by atoms with E-state index in [4.69, 9.17) is 0 Å². The second-order valence-corrected chi connectivity index (χ2v) is 7.64. The number of benzene rings is 2. The van der Waals surface area contributed by atoms with Crippen LogP contribution in [0.2, 0.25) is 0 Å². The Kier molecular flexibility index (Phi) is 5.86. The maximum absolute atomic E-state index is 12.7. The number of carbonyl (C=O) groups is 2. The van der Waals surface area contributed by atoms with E-state index in [1.807, 2.05) is 29.2 Å². The number of amides is 2. The standard InChI is InChI=1S/C22H20N4O2S/c27-21(26-14-6-10-16-7-4-5-11-18(16)26)15-29-20-13-12-19(24-25-20)23-22(28)17-8-2-1-3-9-17/h1-5,7-9,11-13H,6,10,14-15H2,(H,23,24,28). The minimum absolute atomic E-state index is 0.0606. The molecule has 0 aliphatic carbocycles. The summed E-state index contributed by atoms with van der Waals surface area (Å²) in [5.41, 5.74) is 2.78. The van der Waals surface area contributed by atoms with E-state index in [9.17, 15) is 9.59 Å². The number of anilines is 2. The number of para-hydroxylation sites is 1. The highest BCUT2D eigenvalue weighted by molar-refractivity contribution is 7.99. The van der Waals surface area contributed by atoms with Crippen molar-refractivity contribution in [2.24, 2.45) is 0 Å². The molecule has 0 atom stereocenters. The van der Waals surface area contributed by atoms with Crippen LogP contribution in [0.15, 0.2) is 71.8 Å². The van der Waals surface area contributed by atoms with E-state index in [1.54, 1.807) is 36.4 Å². The Morgan fingerprint density at radius 2 is 1.76 bits per heavy atom. The molecule has 0 saturated heterocycles. The number of aromatic nitrogens is 2. The minimum Gasteiger partial charge on any atom is -0.311 e. The summed E-state index contributed by atoms with van der Waals surface area (Å²) >= 11 is 1.34. The van der Waals surface area contributed by atoms with Crippen LogP contribution in [0.3, 0.4) is 0 Å². The molecule has 1 aliphatic heterocycles. The van der Waals surface area contributed by atoms with Gasteiger partial charge in [0.25, 0.3) is 5.91 Å². The van der Waals surface area contributed by atoms with Crippen molar-refractivity contribution in [1.29, 1.82) is 0 Å². The first-order valence-corrected chi connectivity index (χ1v) is 10.4. The molecule has 0 saturated carbocycles. The number of fused-ring (bicyclic) bond motifs is 1. The molecule has 2 heterocycles. The van der Waals surface area contributed by atoms with Crippen LogP contribution in [-0.4, -0.2) is 34.3 Å². The summed E-state index contributed by atoms with van der Waals surface area (Å²) in [4.78, 5) is 26.7. The molecule has 1 aromatic heterocycles. The maximum Gasteiger partial charge on any atom is 0.256 e. The van der Waals surface area contributed by atoms with Gasteiger partial charge in [-0.1, -0.05) is 48.2 Å². The van der Waals surface area contributed by atoms with Gasteiger partial charge in [0.1, 0.15) is 5.03 Å². The lowest BCUT2D eigenvalue weighted by atomic mass is 10.0. The molecule has 7 heteroatoms. The predicted octanol–water partition coefficient (Wildman–Crippen LogP) is 3.80. The average Bonchev–Trinajstić information content (AvgIpc) is 2.78. The largest absolute Gasteiger partial charge is 0.311 e. The van der Waals surface area contributed by atoms with Gasteiger partial charge < -0.3 is 10.2 Å². The highest BCUT2D eigenvalue weighted by Gasteiger charge is 2.22. The Morgan fingerprint density at radius 3 is 2.55 bits per heavy atom. The number of rotatable bonds is 5. The third kappa shape index (κ3) is 4.63. The first-order chi connectivity index (χ1) is 14.2. The monoisotopic (exact) mass is 404 g/mol. The molecule has 0 radical (unpaired) electrons. The van der Waals surface area contributed by atoms with E-state index < -0.39 is 0 Å². The van der Waals surface area contributed by atoms with Gasteiger partial charge in [-0.05, 0) is 48.7 Å². The van der Waals surface area contributed by atoms with Crippen molar-refractivity contribution in [3.05, 3.63) is 77.9 Å². The smallest absolute Gasteiger partial charge is 0.256 e. The minimum atomic E-state index is -0.237. The molecule has 4 rings (SSSR count). The topological polar surface area (TPSA) is 75.2 Å². The average molecular weight is 404 g/mol. The lowest BCUT2D eigenvalue weighted by Gasteiger charge is -2.29. The van der Waals surface area contributed by atoms with Gasteiger partial charge in [-0.3, -0.25) is 9.59 Å². The van der Waals surface area contributed by atoms with Crippen LogP contribution >= 0.6 is 11.8 Å². The number of nitrogens with one attached hydrogen (secondary N) is 1. The number of nitrogens with zero attached hydrogens (tertiary/aromatic N) is 3. The molecule has 0 fully saturated rings. The lowest BCUT2D eigenvalue weighted by molar-refractivity contribution is -0.116. The van der Waals surface area contributed by atoms with Crippen molar-refractivity contribution < 1.29 is 9.59 Å². The van der Waals surface area contributed by atoms with Crippen molar-refractivity contribution in [3.8, 4) is 0 Å². The second kappa shape index (κ2) is 8.87. The SMILES string of the molecule is O=C(Nc1ccc(SCC(=O)N2CCCc3ccccc32)nn1)c1ccccc1. The maximum atomic E-state index is 12.7. The van der Waals surface area contributed by atoms with Gasteiger partial charge >= 0.3 is 0 Å². The van der Waals surface area contributed by atoms with Gasteiger partial charge in [0.15, 0.2) is 5.82 Å². The third-order valence-electron chi connectivity index (χ3n) is 4.67. The Hall–Kier alpha value is -3.19. The Bertz CT molecular complexity index is 1010. The van der Waals surface area contributed by atoms with E-state index in [0.29, 0.717) is 22.2 Å². The normalized spacial score (nSPS) is 12.9. The summed E-state index contributed by atoms with van der Waals surface area (Å²) in [5, 5.41) is 11.5. The van der Waals surface area contributed by atoms with E-state index in [0.717, 1.165) is 25.1 Å². The molecule has 3 aromatic rings. The van der Waals surface area contributed by atoms with Crippen LogP contribution in [0.4, 0.5) is 11.5 Å². The van der Waals surface area contributed by atoms with Gasteiger partial charge in [-0.25, -0.2) is 0 Å². The van der Waals surface area contributed by atoms with E-state index in [-0.39, 0.29) is 11.8 Å². The van der Waals surface area contributed by atoms with Crippen LogP contribution in [-0.2, 0) is 11.2 Å². The quantitative estimate of drug-likeness (QED) is 0.655. The van der Waals surface area contributed by atoms with Crippen LogP contribution in [0.1, 0.15) is 22.3 Å². The Labute approximate surface area is 173 Å². The van der Waals surface area contributed by atoms with Crippen molar-refractivity contribution >= 4 is 35.1 Å². The van der Waals surface area contributed by atoms with Crippen LogP contribution in [0.25, 0.3) is 0 Å². The molecule has 2 aromatic carbocycles. The fourth-order valence-corrected chi connectivity index (χ4v) is 3.94.